The maximum atomic E-state index is 8.95. The third-order valence-corrected chi connectivity index (χ3v) is 2.74. The molecule has 3 nitrogen and oxygen atoms in total. The first-order valence-corrected chi connectivity index (χ1v) is 4.85. The van der Waals surface area contributed by atoms with Gasteiger partial charge in [-0.05, 0) is 13.5 Å². The van der Waals surface area contributed by atoms with E-state index in [1.165, 1.54) is 0 Å². The van der Waals surface area contributed by atoms with Gasteiger partial charge < -0.3 is 10.0 Å². The first-order chi connectivity index (χ1) is 5.77. The number of rotatable bonds is 3. The maximum Gasteiger partial charge on any atom is 0.0584 e. The van der Waals surface area contributed by atoms with E-state index in [0.29, 0.717) is 6.04 Å². The Morgan fingerprint density at radius 1 is 1.25 bits per heavy atom. The zero-order chi connectivity index (χ0) is 8.97. The molecule has 3 heteroatoms. The van der Waals surface area contributed by atoms with Crippen molar-refractivity contribution in [2.75, 3.05) is 39.3 Å². The molecule has 1 fully saturated rings. The molecule has 1 heterocycles. The highest BCUT2D eigenvalue weighted by Crippen LogP contribution is 2.04. The largest absolute Gasteiger partial charge is 0.395 e. The van der Waals surface area contributed by atoms with E-state index in [1.54, 1.807) is 0 Å². The Kier molecular flexibility index (Phi) is 3.98. The molecule has 1 atom stereocenters. The van der Waals surface area contributed by atoms with Crippen molar-refractivity contribution in [1.82, 2.24) is 9.80 Å². The predicted molar refractivity (Wildman–Crippen MR) is 50.2 cm³/mol. The molecule has 0 saturated carbocycles. The Balaban J connectivity index is 2.25. The molecular formula is C9H20N2O. The summed E-state index contributed by atoms with van der Waals surface area (Å²) in [5.41, 5.74) is 0. The Morgan fingerprint density at radius 3 is 2.25 bits per heavy atom. The number of likely N-dealkylation sites (N-methyl/N-ethyl adjacent to an activating group) is 1. The Bertz CT molecular complexity index is 122. The van der Waals surface area contributed by atoms with Crippen molar-refractivity contribution in [1.29, 1.82) is 0 Å². The quantitative estimate of drug-likeness (QED) is 0.649. The molecule has 1 aliphatic rings. The molecule has 1 rings (SSSR count). The minimum atomic E-state index is 0.284. The fourth-order valence-electron chi connectivity index (χ4n) is 1.64. The molecule has 0 aromatic rings. The van der Waals surface area contributed by atoms with Crippen LogP contribution in [0.25, 0.3) is 0 Å². The molecule has 0 amide bonds. The summed E-state index contributed by atoms with van der Waals surface area (Å²) in [7, 11) is 0. The normalized spacial score (nSPS) is 24.2. The van der Waals surface area contributed by atoms with Crippen molar-refractivity contribution in [3.63, 3.8) is 0 Å². The lowest BCUT2D eigenvalue weighted by Gasteiger charge is -2.36. The number of aliphatic hydroxyl groups excluding tert-OH is 1. The van der Waals surface area contributed by atoms with Crippen molar-refractivity contribution in [2.45, 2.75) is 19.9 Å². The molecule has 0 aromatic heterocycles. The summed E-state index contributed by atoms with van der Waals surface area (Å²) in [6.07, 6.45) is 0. The van der Waals surface area contributed by atoms with E-state index >= 15 is 0 Å². The second kappa shape index (κ2) is 4.80. The van der Waals surface area contributed by atoms with Crippen LogP contribution in [0.3, 0.4) is 0 Å². The standard InChI is InChI=1S/C9H20N2O/c1-3-10-4-6-11(7-5-10)9(2)8-12/h9,12H,3-8H2,1-2H3. The van der Waals surface area contributed by atoms with E-state index in [4.69, 9.17) is 5.11 Å². The van der Waals surface area contributed by atoms with E-state index in [1.807, 2.05) is 0 Å². The van der Waals surface area contributed by atoms with Gasteiger partial charge in [-0.2, -0.15) is 0 Å². The second-order valence-corrected chi connectivity index (χ2v) is 3.50. The summed E-state index contributed by atoms with van der Waals surface area (Å²) < 4.78 is 0. The molecule has 0 bridgehead atoms. The molecule has 1 aliphatic heterocycles. The molecule has 0 aliphatic carbocycles. The average molecular weight is 172 g/mol. The lowest BCUT2D eigenvalue weighted by molar-refractivity contribution is 0.0757. The van der Waals surface area contributed by atoms with Crippen LogP contribution < -0.4 is 0 Å². The zero-order valence-corrected chi connectivity index (χ0v) is 8.16. The molecule has 0 radical (unpaired) electrons. The topological polar surface area (TPSA) is 26.7 Å². The van der Waals surface area contributed by atoms with E-state index in [9.17, 15) is 0 Å². The molecule has 1 N–H and O–H groups in total. The van der Waals surface area contributed by atoms with Crippen LogP contribution in [-0.2, 0) is 0 Å². The summed E-state index contributed by atoms with van der Waals surface area (Å²) in [5, 5.41) is 8.95. The summed E-state index contributed by atoms with van der Waals surface area (Å²) in [5.74, 6) is 0. The lowest BCUT2D eigenvalue weighted by atomic mass is 10.2. The van der Waals surface area contributed by atoms with E-state index in [0.717, 1.165) is 32.7 Å². The van der Waals surface area contributed by atoms with Gasteiger partial charge in [-0.15, -0.1) is 0 Å². The van der Waals surface area contributed by atoms with Crippen molar-refractivity contribution in [3.8, 4) is 0 Å². The fraction of sp³-hybridized carbons (Fsp3) is 1.00. The summed E-state index contributed by atoms with van der Waals surface area (Å²) in [6.45, 7) is 10.2. The van der Waals surface area contributed by atoms with Crippen LogP contribution in [0, 0.1) is 0 Å². The van der Waals surface area contributed by atoms with Gasteiger partial charge in [0.1, 0.15) is 0 Å². The average Bonchev–Trinajstić information content (AvgIpc) is 2.17. The number of aliphatic hydroxyl groups is 1. The molecule has 72 valence electrons. The Labute approximate surface area is 75.0 Å². The van der Waals surface area contributed by atoms with Crippen LogP contribution in [0.5, 0.6) is 0 Å². The summed E-state index contributed by atoms with van der Waals surface area (Å²) >= 11 is 0. The van der Waals surface area contributed by atoms with Gasteiger partial charge in [0.05, 0.1) is 6.61 Å². The van der Waals surface area contributed by atoms with Crippen molar-refractivity contribution in [3.05, 3.63) is 0 Å². The fourth-order valence-corrected chi connectivity index (χ4v) is 1.64. The van der Waals surface area contributed by atoms with Gasteiger partial charge in [-0.3, -0.25) is 4.90 Å². The summed E-state index contributed by atoms with van der Waals surface area (Å²) in [6, 6.07) is 0.337. The van der Waals surface area contributed by atoms with Gasteiger partial charge in [0.25, 0.3) is 0 Å². The SMILES string of the molecule is CCN1CCN(C(C)CO)CC1. The Hall–Kier alpha value is -0.120. The van der Waals surface area contributed by atoms with Gasteiger partial charge in [-0.25, -0.2) is 0 Å². The molecule has 0 aromatic carbocycles. The minimum Gasteiger partial charge on any atom is -0.395 e. The molecule has 1 saturated heterocycles. The van der Waals surface area contributed by atoms with Gasteiger partial charge >= 0.3 is 0 Å². The third-order valence-electron chi connectivity index (χ3n) is 2.74. The second-order valence-electron chi connectivity index (χ2n) is 3.50. The Morgan fingerprint density at radius 2 is 1.83 bits per heavy atom. The monoisotopic (exact) mass is 172 g/mol. The van der Waals surface area contributed by atoms with Gasteiger partial charge in [0.15, 0.2) is 0 Å². The van der Waals surface area contributed by atoms with Gasteiger partial charge in [-0.1, -0.05) is 6.92 Å². The van der Waals surface area contributed by atoms with Gasteiger partial charge in [0, 0.05) is 32.2 Å². The highest BCUT2D eigenvalue weighted by molar-refractivity contribution is 4.74. The number of nitrogens with zero attached hydrogens (tertiary/aromatic N) is 2. The van der Waals surface area contributed by atoms with Crippen LogP contribution in [0.2, 0.25) is 0 Å². The van der Waals surface area contributed by atoms with Crippen molar-refractivity contribution >= 4 is 0 Å². The lowest BCUT2D eigenvalue weighted by Crippen LogP contribution is -2.50. The highest BCUT2D eigenvalue weighted by atomic mass is 16.3. The first kappa shape index (κ1) is 9.96. The molecule has 1 unspecified atom stereocenters. The van der Waals surface area contributed by atoms with E-state index in [2.05, 4.69) is 23.6 Å². The highest BCUT2D eigenvalue weighted by Gasteiger charge is 2.18. The molecule has 12 heavy (non-hydrogen) atoms. The van der Waals surface area contributed by atoms with Crippen LogP contribution in [-0.4, -0.2) is 60.3 Å². The van der Waals surface area contributed by atoms with Gasteiger partial charge in [0.2, 0.25) is 0 Å². The number of hydrogen-bond donors (Lipinski definition) is 1. The van der Waals surface area contributed by atoms with E-state index in [-0.39, 0.29) is 6.61 Å². The van der Waals surface area contributed by atoms with Crippen LogP contribution in [0.15, 0.2) is 0 Å². The molecule has 0 spiro atoms. The molecular weight excluding hydrogens is 152 g/mol. The van der Waals surface area contributed by atoms with Crippen LogP contribution >= 0.6 is 0 Å². The third kappa shape index (κ3) is 2.44. The number of hydrogen-bond acceptors (Lipinski definition) is 3. The zero-order valence-electron chi connectivity index (χ0n) is 8.16. The van der Waals surface area contributed by atoms with E-state index < -0.39 is 0 Å². The number of piperazine rings is 1. The van der Waals surface area contributed by atoms with Crippen LogP contribution in [0.4, 0.5) is 0 Å². The summed E-state index contributed by atoms with van der Waals surface area (Å²) in [4.78, 5) is 4.80. The predicted octanol–water partition coefficient (Wildman–Crippen LogP) is 0.00470. The van der Waals surface area contributed by atoms with Crippen molar-refractivity contribution in [2.24, 2.45) is 0 Å². The van der Waals surface area contributed by atoms with Crippen LogP contribution in [0.1, 0.15) is 13.8 Å². The first-order valence-electron chi connectivity index (χ1n) is 4.85. The van der Waals surface area contributed by atoms with Crippen molar-refractivity contribution < 1.29 is 5.11 Å². The minimum absolute atomic E-state index is 0.284. The maximum absolute atomic E-state index is 8.95. The smallest absolute Gasteiger partial charge is 0.0584 e.